The summed E-state index contributed by atoms with van der Waals surface area (Å²) in [6.07, 6.45) is 0.526. The van der Waals surface area contributed by atoms with Gasteiger partial charge in [-0.2, -0.15) is 5.10 Å². The number of carbonyl (C=O) groups excluding carboxylic acids is 1. The summed E-state index contributed by atoms with van der Waals surface area (Å²) in [5.41, 5.74) is 3.74. The Morgan fingerprint density at radius 3 is 2.46 bits per heavy atom. The second-order valence-corrected chi connectivity index (χ2v) is 9.16. The topological polar surface area (TPSA) is 72.3 Å². The summed E-state index contributed by atoms with van der Waals surface area (Å²) < 4.78 is 25.4. The van der Waals surface area contributed by atoms with Crippen LogP contribution in [-0.2, 0) is 16.4 Å². The maximum absolute atomic E-state index is 12.8. The van der Waals surface area contributed by atoms with Gasteiger partial charge in [-0.3, -0.25) is 9.48 Å². The van der Waals surface area contributed by atoms with Crippen molar-refractivity contribution in [2.75, 3.05) is 18.1 Å². The van der Waals surface area contributed by atoms with Gasteiger partial charge in [0, 0.05) is 23.8 Å². The first-order chi connectivity index (χ1) is 12.3. The number of nitrogens with zero attached hydrogens (tertiary/aromatic N) is 3. The van der Waals surface area contributed by atoms with E-state index in [1.54, 1.807) is 4.90 Å². The molecule has 0 bridgehead atoms. The average Bonchev–Trinajstić information content (AvgIpc) is 3.10. The lowest BCUT2D eigenvalue weighted by Crippen LogP contribution is -2.40. The van der Waals surface area contributed by atoms with Crippen molar-refractivity contribution in [3.8, 4) is 0 Å². The monoisotopic (exact) mass is 375 g/mol. The van der Waals surface area contributed by atoms with E-state index in [1.165, 1.54) is 0 Å². The molecule has 0 spiro atoms. The van der Waals surface area contributed by atoms with E-state index in [1.807, 2.05) is 55.8 Å². The zero-order valence-electron chi connectivity index (χ0n) is 15.5. The first-order valence-corrected chi connectivity index (χ1v) is 10.7. The van der Waals surface area contributed by atoms with E-state index >= 15 is 0 Å². The van der Waals surface area contributed by atoms with E-state index in [4.69, 9.17) is 0 Å². The van der Waals surface area contributed by atoms with Crippen molar-refractivity contribution in [1.82, 2.24) is 14.7 Å². The van der Waals surface area contributed by atoms with Crippen LogP contribution in [0, 0.1) is 13.8 Å². The predicted molar refractivity (Wildman–Crippen MR) is 101 cm³/mol. The number of carbonyl (C=O) groups is 1. The summed E-state index contributed by atoms with van der Waals surface area (Å²) >= 11 is 0. The minimum atomic E-state index is -3.01. The Labute approximate surface area is 154 Å². The van der Waals surface area contributed by atoms with Crippen molar-refractivity contribution < 1.29 is 13.2 Å². The zero-order chi connectivity index (χ0) is 18.9. The highest BCUT2D eigenvalue weighted by atomic mass is 32.2. The van der Waals surface area contributed by atoms with Crippen molar-refractivity contribution in [3.63, 3.8) is 0 Å². The Morgan fingerprint density at radius 2 is 1.96 bits per heavy atom. The lowest BCUT2D eigenvalue weighted by Gasteiger charge is -2.27. The third-order valence-corrected chi connectivity index (χ3v) is 6.64. The highest BCUT2D eigenvalue weighted by Crippen LogP contribution is 2.20. The third-order valence-electron chi connectivity index (χ3n) is 4.89. The van der Waals surface area contributed by atoms with Gasteiger partial charge in [-0.25, -0.2) is 8.42 Å². The lowest BCUT2D eigenvalue weighted by atomic mass is 10.1. The number of hydrogen-bond acceptors (Lipinski definition) is 4. The molecule has 1 aromatic carbocycles. The highest BCUT2D eigenvalue weighted by molar-refractivity contribution is 7.91. The summed E-state index contributed by atoms with van der Waals surface area (Å²) in [5, 5.41) is 4.46. The molecule has 7 heteroatoms. The molecule has 0 saturated carbocycles. The summed E-state index contributed by atoms with van der Waals surface area (Å²) in [6, 6.07) is 9.32. The second kappa shape index (κ2) is 7.23. The molecule has 1 amide bonds. The molecule has 0 aliphatic carbocycles. The van der Waals surface area contributed by atoms with Crippen LogP contribution < -0.4 is 0 Å². The summed E-state index contributed by atoms with van der Waals surface area (Å²) in [5.74, 6) is 0.137. The first-order valence-electron chi connectivity index (χ1n) is 8.90. The molecule has 1 atom stereocenters. The summed E-state index contributed by atoms with van der Waals surface area (Å²) in [4.78, 5) is 14.5. The Morgan fingerprint density at radius 1 is 1.27 bits per heavy atom. The van der Waals surface area contributed by atoms with Gasteiger partial charge in [0.15, 0.2) is 9.84 Å². The first kappa shape index (κ1) is 18.6. The van der Waals surface area contributed by atoms with Gasteiger partial charge in [-0.05, 0) is 51.0 Å². The molecular weight excluding hydrogens is 350 g/mol. The van der Waals surface area contributed by atoms with Crippen molar-refractivity contribution in [1.29, 1.82) is 0 Å². The number of hydrogen-bond donors (Lipinski definition) is 0. The second-order valence-electron chi connectivity index (χ2n) is 6.93. The highest BCUT2D eigenvalue weighted by Gasteiger charge is 2.34. The molecule has 3 rings (SSSR count). The van der Waals surface area contributed by atoms with Crippen LogP contribution in [-0.4, -0.2) is 53.1 Å². The van der Waals surface area contributed by atoms with E-state index < -0.39 is 9.84 Å². The lowest BCUT2D eigenvalue weighted by molar-refractivity contribution is 0.0708. The maximum atomic E-state index is 12.8. The Hall–Kier alpha value is -2.15. The minimum Gasteiger partial charge on any atom is -0.335 e. The molecule has 2 heterocycles. The normalized spacial score (nSPS) is 18.8. The van der Waals surface area contributed by atoms with E-state index in [0.717, 1.165) is 17.0 Å². The molecule has 140 valence electrons. The largest absolute Gasteiger partial charge is 0.335 e. The summed E-state index contributed by atoms with van der Waals surface area (Å²) in [6.45, 7) is 7.04. The SMILES string of the molecule is CCN(C(=O)c1ccc(Cn2nc(C)cc2C)cc1)C1CCS(=O)(=O)C1. The Bertz CT molecular complexity index is 901. The zero-order valence-corrected chi connectivity index (χ0v) is 16.3. The number of amides is 1. The van der Waals surface area contributed by atoms with Gasteiger partial charge in [-0.1, -0.05) is 12.1 Å². The standard InChI is InChI=1S/C19H25N3O3S/c1-4-21(18-9-10-26(24,25)13-18)19(23)17-7-5-16(6-8-17)12-22-15(3)11-14(2)20-22/h5-8,11,18H,4,9-10,12-13H2,1-3H3. The fraction of sp³-hybridized carbons (Fsp3) is 0.474. The quantitative estimate of drug-likeness (QED) is 0.803. The number of aryl methyl sites for hydroxylation is 2. The molecule has 0 radical (unpaired) electrons. The fourth-order valence-corrected chi connectivity index (χ4v) is 5.25. The van der Waals surface area contributed by atoms with Crippen LogP contribution in [0.15, 0.2) is 30.3 Å². The van der Waals surface area contributed by atoms with E-state index in [0.29, 0.717) is 25.1 Å². The molecule has 1 saturated heterocycles. The molecular formula is C19H25N3O3S. The van der Waals surface area contributed by atoms with Crippen molar-refractivity contribution >= 4 is 15.7 Å². The van der Waals surface area contributed by atoms with Crippen LogP contribution in [0.1, 0.15) is 40.7 Å². The molecule has 1 unspecified atom stereocenters. The minimum absolute atomic E-state index is 0.0720. The van der Waals surface area contributed by atoms with Crippen molar-refractivity contribution in [2.24, 2.45) is 0 Å². The van der Waals surface area contributed by atoms with Gasteiger partial charge in [0.1, 0.15) is 0 Å². The van der Waals surface area contributed by atoms with Crippen LogP contribution in [0.5, 0.6) is 0 Å². The summed E-state index contributed by atoms with van der Waals surface area (Å²) in [7, 11) is -3.01. The van der Waals surface area contributed by atoms with E-state index in [2.05, 4.69) is 5.10 Å². The van der Waals surface area contributed by atoms with Crippen LogP contribution in [0.2, 0.25) is 0 Å². The number of sulfone groups is 1. The molecule has 1 aliphatic heterocycles. The predicted octanol–water partition coefficient (Wildman–Crippen LogP) is 2.20. The van der Waals surface area contributed by atoms with Gasteiger partial charge in [-0.15, -0.1) is 0 Å². The molecule has 1 aliphatic rings. The van der Waals surface area contributed by atoms with E-state index in [9.17, 15) is 13.2 Å². The molecule has 26 heavy (non-hydrogen) atoms. The van der Waals surface area contributed by atoms with Crippen molar-refractivity contribution in [2.45, 2.75) is 39.8 Å². The molecule has 6 nitrogen and oxygen atoms in total. The van der Waals surface area contributed by atoms with Crippen molar-refractivity contribution in [3.05, 3.63) is 52.8 Å². The Balaban J connectivity index is 1.72. The number of rotatable bonds is 5. The van der Waals surface area contributed by atoms with Gasteiger partial charge >= 0.3 is 0 Å². The third kappa shape index (κ3) is 3.98. The van der Waals surface area contributed by atoms with Gasteiger partial charge in [0.05, 0.1) is 23.7 Å². The van der Waals surface area contributed by atoms with Gasteiger partial charge in [0.2, 0.25) is 0 Å². The molecule has 1 fully saturated rings. The van der Waals surface area contributed by atoms with Crippen LogP contribution in [0.4, 0.5) is 0 Å². The number of aromatic nitrogens is 2. The number of benzene rings is 1. The molecule has 1 aromatic heterocycles. The molecule has 2 aromatic rings. The smallest absolute Gasteiger partial charge is 0.254 e. The fourth-order valence-electron chi connectivity index (χ4n) is 3.52. The van der Waals surface area contributed by atoms with Gasteiger partial charge < -0.3 is 4.90 Å². The average molecular weight is 375 g/mol. The van der Waals surface area contributed by atoms with E-state index in [-0.39, 0.29) is 23.5 Å². The van der Waals surface area contributed by atoms with Crippen LogP contribution in [0.25, 0.3) is 0 Å². The van der Waals surface area contributed by atoms with Crippen LogP contribution >= 0.6 is 0 Å². The Kier molecular flexibility index (Phi) is 5.18. The maximum Gasteiger partial charge on any atom is 0.254 e. The molecule has 0 N–H and O–H groups in total. The van der Waals surface area contributed by atoms with Crippen LogP contribution in [0.3, 0.4) is 0 Å². The van der Waals surface area contributed by atoms with Gasteiger partial charge in [0.25, 0.3) is 5.91 Å².